The molecule has 136 valence electrons. The molecule has 1 aliphatic rings. The third kappa shape index (κ3) is 4.61. The number of amides is 2. The lowest BCUT2D eigenvalue weighted by atomic mass is 10.1. The van der Waals surface area contributed by atoms with E-state index >= 15 is 0 Å². The van der Waals surface area contributed by atoms with Gasteiger partial charge in [-0.2, -0.15) is 0 Å². The normalized spacial score (nSPS) is 16.1. The number of hydrogen-bond acceptors (Lipinski definition) is 3. The van der Waals surface area contributed by atoms with Gasteiger partial charge in [-0.25, -0.2) is 9.59 Å². The Morgan fingerprint density at radius 1 is 0.923 bits per heavy atom. The van der Waals surface area contributed by atoms with Crippen molar-refractivity contribution in [1.82, 2.24) is 15.1 Å². The molecule has 2 N–H and O–H groups in total. The van der Waals surface area contributed by atoms with Crippen LogP contribution < -0.4 is 5.32 Å². The number of nitrogens with one attached hydrogen (secondary N) is 1. The van der Waals surface area contributed by atoms with Crippen molar-refractivity contribution in [2.24, 2.45) is 0 Å². The van der Waals surface area contributed by atoms with E-state index < -0.39 is 12.0 Å². The number of carbonyl (C=O) groups is 2. The number of rotatable bonds is 5. The minimum atomic E-state index is -1.06. The first-order valence-corrected chi connectivity index (χ1v) is 8.73. The van der Waals surface area contributed by atoms with Gasteiger partial charge in [0.05, 0.1) is 0 Å². The molecule has 6 heteroatoms. The topological polar surface area (TPSA) is 72.9 Å². The average Bonchev–Trinajstić information content (AvgIpc) is 2.68. The summed E-state index contributed by atoms with van der Waals surface area (Å²) in [5.41, 5.74) is 1.82. The SMILES string of the molecule is O=C(O)C(NC(=O)N1CCN(Cc2ccccc2)CC1)c1ccccc1. The van der Waals surface area contributed by atoms with Gasteiger partial charge < -0.3 is 15.3 Å². The second-order valence-electron chi connectivity index (χ2n) is 6.38. The molecule has 0 radical (unpaired) electrons. The number of nitrogens with zero attached hydrogens (tertiary/aromatic N) is 2. The predicted octanol–water partition coefficient (Wildman–Crippen LogP) is 2.34. The number of urea groups is 1. The van der Waals surface area contributed by atoms with Crippen LogP contribution in [0.3, 0.4) is 0 Å². The lowest BCUT2D eigenvalue weighted by Gasteiger charge is -2.35. The first-order chi connectivity index (χ1) is 12.6. The molecule has 0 bridgehead atoms. The van der Waals surface area contributed by atoms with Crippen molar-refractivity contribution < 1.29 is 14.7 Å². The van der Waals surface area contributed by atoms with Crippen LogP contribution in [0, 0.1) is 0 Å². The van der Waals surface area contributed by atoms with Gasteiger partial charge in [0.15, 0.2) is 6.04 Å². The Labute approximate surface area is 153 Å². The first-order valence-electron chi connectivity index (χ1n) is 8.73. The molecule has 1 saturated heterocycles. The molecule has 1 atom stereocenters. The zero-order chi connectivity index (χ0) is 18.4. The molecule has 0 aliphatic carbocycles. The summed E-state index contributed by atoms with van der Waals surface area (Å²) in [6.07, 6.45) is 0. The highest BCUT2D eigenvalue weighted by Gasteiger charge is 2.26. The maximum atomic E-state index is 12.5. The van der Waals surface area contributed by atoms with Crippen molar-refractivity contribution in [2.75, 3.05) is 26.2 Å². The average molecular weight is 353 g/mol. The Morgan fingerprint density at radius 2 is 1.50 bits per heavy atom. The van der Waals surface area contributed by atoms with Crippen molar-refractivity contribution in [3.05, 3.63) is 71.8 Å². The zero-order valence-corrected chi connectivity index (χ0v) is 14.5. The summed E-state index contributed by atoms with van der Waals surface area (Å²) in [7, 11) is 0. The fourth-order valence-corrected chi connectivity index (χ4v) is 3.10. The van der Waals surface area contributed by atoms with Gasteiger partial charge in [0.25, 0.3) is 0 Å². The summed E-state index contributed by atoms with van der Waals surface area (Å²) in [5.74, 6) is -1.06. The minimum Gasteiger partial charge on any atom is -0.479 e. The monoisotopic (exact) mass is 353 g/mol. The number of benzene rings is 2. The highest BCUT2D eigenvalue weighted by Crippen LogP contribution is 2.14. The van der Waals surface area contributed by atoms with Crippen LogP contribution in [-0.2, 0) is 11.3 Å². The van der Waals surface area contributed by atoms with Crippen molar-refractivity contribution in [1.29, 1.82) is 0 Å². The maximum Gasteiger partial charge on any atom is 0.330 e. The Hall–Kier alpha value is -2.86. The molecule has 1 aliphatic heterocycles. The van der Waals surface area contributed by atoms with Gasteiger partial charge in [-0.1, -0.05) is 60.7 Å². The molecule has 6 nitrogen and oxygen atoms in total. The van der Waals surface area contributed by atoms with Gasteiger partial charge in [-0.05, 0) is 11.1 Å². The quantitative estimate of drug-likeness (QED) is 0.865. The van der Waals surface area contributed by atoms with Crippen LogP contribution in [0.2, 0.25) is 0 Å². The predicted molar refractivity (Wildman–Crippen MR) is 98.6 cm³/mol. The van der Waals surface area contributed by atoms with Crippen LogP contribution in [-0.4, -0.2) is 53.1 Å². The minimum absolute atomic E-state index is 0.333. The molecule has 26 heavy (non-hydrogen) atoms. The molecule has 2 aromatic rings. The Bertz CT molecular complexity index is 728. The lowest BCUT2D eigenvalue weighted by molar-refractivity contribution is -0.139. The molecule has 0 aromatic heterocycles. The number of aliphatic carboxylic acids is 1. The summed E-state index contributed by atoms with van der Waals surface area (Å²) >= 11 is 0. The van der Waals surface area contributed by atoms with Crippen LogP contribution in [0.5, 0.6) is 0 Å². The highest BCUT2D eigenvalue weighted by atomic mass is 16.4. The van der Waals surface area contributed by atoms with Gasteiger partial charge in [0, 0.05) is 32.7 Å². The molecule has 2 aromatic carbocycles. The number of hydrogen-bond donors (Lipinski definition) is 2. The van der Waals surface area contributed by atoms with Gasteiger partial charge in [-0.3, -0.25) is 4.90 Å². The molecule has 2 amide bonds. The van der Waals surface area contributed by atoms with E-state index in [1.165, 1.54) is 5.56 Å². The first kappa shape index (κ1) is 17.9. The van der Waals surface area contributed by atoms with E-state index in [4.69, 9.17) is 0 Å². The van der Waals surface area contributed by atoms with Crippen molar-refractivity contribution in [2.45, 2.75) is 12.6 Å². The van der Waals surface area contributed by atoms with Crippen LogP contribution in [0.1, 0.15) is 17.2 Å². The number of piperazine rings is 1. The van der Waals surface area contributed by atoms with Crippen LogP contribution in [0.25, 0.3) is 0 Å². The van der Waals surface area contributed by atoms with Crippen LogP contribution >= 0.6 is 0 Å². The summed E-state index contributed by atoms with van der Waals surface area (Å²) in [5, 5.41) is 12.1. The number of carboxylic acids is 1. The second-order valence-corrected chi connectivity index (χ2v) is 6.38. The zero-order valence-electron chi connectivity index (χ0n) is 14.5. The summed E-state index contributed by atoms with van der Waals surface area (Å²) in [4.78, 5) is 28.0. The summed E-state index contributed by atoms with van der Waals surface area (Å²) in [6.45, 7) is 3.56. The summed E-state index contributed by atoms with van der Waals surface area (Å²) in [6, 6.07) is 17.6. The van der Waals surface area contributed by atoms with Gasteiger partial charge in [-0.15, -0.1) is 0 Å². The Kier molecular flexibility index (Phi) is 5.86. The van der Waals surface area contributed by atoms with Crippen LogP contribution in [0.4, 0.5) is 4.79 Å². The largest absolute Gasteiger partial charge is 0.479 e. The molecule has 1 fully saturated rings. The fourth-order valence-electron chi connectivity index (χ4n) is 3.10. The van der Waals surface area contributed by atoms with Gasteiger partial charge in [0.1, 0.15) is 0 Å². The number of carbonyl (C=O) groups excluding carboxylic acids is 1. The van der Waals surface area contributed by atoms with E-state index in [9.17, 15) is 14.7 Å². The third-order valence-corrected chi connectivity index (χ3v) is 4.56. The van der Waals surface area contributed by atoms with Gasteiger partial charge >= 0.3 is 12.0 Å². The highest BCUT2D eigenvalue weighted by molar-refractivity contribution is 5.83. The van der Waals surface area contributed by atoms with Crippen molar-refractivity contribution in [3.63, 3.8) is 0 Å². The molecular formula is C20H23N3O3. The van der Waals surface area contributed by atoms with E-state index in [2.05, 4.69) is 22.3 Å². The molecule has 3 rings (SSSR count). The maximum absolute atomic E-state index is 12.5. The van der Waals surface area contributed by atoms with E-state index in [0.29, 0.717) is 18.7 Å². The Balaban J connectivity index is 1.53. The van der Waals surface area contributed by atoms with Crippen LogP contribution in [0.15, 0.2) is 60.7 Å². The molecule has 1 heterocycles. The fraction of sp³-hybridized carbons (Fsp3) is 0.300. The van der Waals surface area contributed by atoms with Crippen molar-refractivity contribution in [3.8, 4) is 0 Å². The Morgan fingerprint density at radius 3 is 2.08 bits per heavy atom. The summed E-state index contributed by atoms with van der Waals surface area (Å²) < 4.78 is 0. The molecular weight excluding hydrogens is 330 g/mol. The van der Waals surface area contributed by atoms with Crippen molar-refractivity contribution >= 4 is 12.0 Å². The van der Waals surface area contributed by atoms with E-state index in [0.717, 1.165) is 19.6 Å². The van der Waals surface area contributed by atoms with Gasteiger partial charge in [0.2, 0.25) is 0 Å². The lowest BCUT2D eigenvalue weighted by Crippen LogP contribution is -2.52. The van der Waals surface area contributed by atoms with E-state index in [1.807, 2.05) is 24.3 Å². The smallest absolute Gasteiger partial charge is 0.330 e. The molecule has 0 spiro atoms. The number of carboxylic acid groups (broad SMARTS) is 1. The second kappa shape index (κ2) is 8.49. The van der Waals surface area contributed by atoms with E-state index in [1.54, 1.807) is 29.2 Å². The third-order valence-electron chi connectivity index (χ3n) is 4.56. The molecule has 0 saturated carbocycles. The molecule has 1 unspecified atom stereocenters. The standard InChI is InChI=1S/C20H23N3O3/c24-19(25)18(17-9-5-2-6-10-17)21-20(26)23-13-11-22(12-14-23)15-16-7-3-1-4-8-16/h1-10,18H,11-15H2,(H,21,26)(H,24,25). The van der Waals surface area contributed by atoms with E-state index in [-0.39, 0.29) is 6.03 Å².